The Bertz CT molecular complexity index is 1280. The number of likely N-dealkylation sites (tertiary alicyclic amines) is 1. The molecule has 0 radical (unpaired) electrons. The number of rotatable bonds is 11. The fourth-order valence-corrected chi connectivity index (χ4v) is 5.18. The molecule has 1 fully saturated rings. The van der Waals surface area contributed by atoms with Crippen LogP contribution in [-0.2, 0) is 16.1 Å². The number of methoxy groups -OCH3 is 1. The number of tetrazole rings is 1. The molecule has 5 rings (SSSR count). The van der Waals surface area contributed by atoms with Gasteiger partial charge in [0, 0.05) is 33.8 Å². The number of likely N-dealkylation sites (N-methyl/N-ethyl adjacent to an activating group) is 1. The number of hydrogen-bond donors (Lipinski definition) is 1. The molecule has 2 atom stereocenters. The zero-order valence-electron chi connectivity index (χ0n) is 22.3. The fraction of sp³-hybridized carbons (Fsp3) is 0.333. The van der Waals surface area contributed by atoms with Gasteiger partial charge in [0.1, 0.15) is 5.75 Å². The van der Waals surface area contributed by atoms with Gasteiger partial charge in [-0.25, -0.2) is 0 Å². The molecule has 2 heterocycles. The second kappa shape index (κ2) is 12.6. The number of benzene rings is 3. The van der Waals surface area contributed by atoms with Gasteiger partial charge >= 0.3 is 0 Å². The van der Waals surface area contributed by atoms with Crippen LogP contribution >= 0.6 is 0 Å². The van der Waals surface area contributed by atoms with Crippen LogP contribution < -0.4 is 4.74 Å². The molecule has 1 aliphatic rings. The van der Waals surface area contributed by atoms with E-state index in [0.29, 0.717) is 18.1 Å². The van der Waals surface area contributed by atoms with Crippen LogP contribution in [0.1, 0.15) is 40.9 Å². The summed E-state index contributed by atoms with van der Waals surface area (Å²) in [5.41, 5.74) is 2.94. The lowest BCUT2D eigenvalue weighted by atomic mass is 9.89. The molecule has 202 valence electrons. The Balaban J connectivity index is 1.45. The molecule has 1 N–H and O–H groups in total. The molecule has 39 heavy (non-hydrogen) atoms. The van der Waals surface area contributed by atoms with E-state index in [4.69, 9.17) is 9.47 Å². The summed E-state index contributed by atoms with van der Waals surface area (Å²) in [6.45, 7) is 2.65. The Kier molecular flexibility index (Phi) is 8.60. The van der Waals surface area contributed by atoms with Gasteiger partial charge in [0.15, 0.2) is 6.61 Å². The molecule has 1 amide bonds. The van der Waals surface area contributed by atoms with Crippen molar-refractivity contribution >= 4 is 5.91 Å². The van der Waals surface area contributed by atoms with Gasteiger partial charge in [-0.1, -0.05) is 78.0 Å². The summed E-state index contributed by atoms with van der Waals surface area (Å²) in [7, 11) is 3.67. The van der Waals surface area contributed by atoms with E-state index in [1.165, 1.54) is 0 Å². The van der Waals surface area contributed by atoms with Crippen molar-refractivity contribution < 1.29 is 14.3 Å². The minimum absolute atomic E-state index is 0.0398. The van der Waals surface area contributed by atoms with Gasteiger partial charge in [0.2, 0.25) is 11.7 Å². The highest BCUT2D eigenvalue weighted by Gasteiger charge is 2.33. The van der Waals surface area contributed by atoms with Gasteiger partial charge < -0.3 is 14.4 Å². The maximum Gasteiger partial charge on any atom is 0.234 e. The summed E-state index contributed by atoms with van der Waals surface area (Å²) in [6.07, 6.45) is 1.18. The van der Waals surface area contributed by atoms with Crippen molar-refractivity contribution in [1.82, 2.24) is 30.4 Å². The van der Waals surface area contributed by atoms with Gasteiger partial charge in [-0.15, -0.1) is 10.2 Å². The van der Waals surface area contributed by atoms with Crippen molar-refractivity contribution in [2.45, 2.75) is 31.1 Å². The Morgan fingerprint density at radius 3 is 2.33 bits per heavy atom. The second-order valence-corrected chi connectivity index (χ2v) is 9.81. The molecule has 1 saturated heterocycles. The highest BCUT2D eigenvalue weighted by molar-refractivity contribution is 5.87. The lowest BCUT2D eigenvalue weighted by Gasteiger charge is -2.34. The van der Waals surface area contributed by atoms with E-state index in [1.807, 2.05) is 90.8 Å². The Morgan fingerprint density at radius 1 is 1.03 bits per heavy atom. The third-order valence-corrected chi connectivity index (χ3v) is 7.32. The number of amides is 1. The maximum atomic E-state index is 14.3. The van der Waals surface area contributed by atoms with E-state index in [-0.39, 0.29) is 24.7 Å². The first kappa shape index (κ1) is 26.5. The summed E-state index contributed by atoms with van der Waals surface area (Å²) < 4.78 is 11.6. The summed E-state index contributed by atoms with van der Waals surface area (Å²) in [6, 6.07) is 27.7. The van der Waals surface area contributed by atoms with Crippen molar-refractivity contribution in [2.75, 3.05) is 33.8 Å². The van der Waals surface area contributed by atoms with Crippen molar-refractivity contribution in [1.29, 1.82) is 0 Å². The SMILES string of the molecule is CO[C@@H]1CCN(C[C@H](c2cccc(OCc3nn[nH]n3)c2)N(C)C(=O)C(c2ccccc2)c2ccccc2)C1. The van der Waals surface area contributed by atoms with Crippen LogP contribution in [0.4, 0.5) is 0 Å². The van der Waals surface area contributed by atoms with Gasteiger partial charge in [0.05, 0.1) is 18.1 Å². The van der Waals surface area contributed by atoms with Crippen LogP contribution in [0.5, 0.6) is 5.75 Å². The Morgan fingerprint density at radius 2 is 1.72 bits per heavy atom. The maximum absolute atomic E-state index is 14.3. The average Bonchev–Trinajstić information content (AvgIpc) is 3.68. The average molecular weight is 527 g/mol. The lowest BCUT2D eigenvalue weighted by Crippen LogP contribution is -2.41. The molecular formula is C30H34N6O3. The topological polar surface area (TPSA) is 96.5 Å². The zero-order chi connectivity index (χ0) is 27.0. The van der Waals surface area contributed by atoms with Crippen molar-refractivity contribution in [3.63, 3.8) is 0 Å². The van der Waals surface area contributed by atoms with E-state index in [2.05, 4.69) is 31.6 Å². The number of aromatic amines is 1. The van der Waals surface area contributed by atoms with Crippen LogP contribution in [-0.4, -0.2) is 76.2 Å². The zero-order valence-corrected chi connectivity index (χ0v) is 22.3. The van der Waals surface area contributed by atoms with Crippen molar-refractivity contribution in [3.8, 4) is 5.75 Å². The minimum atomic E-state index is -0.414. The van der Waals surface area contributed by atoms with Crippen LogP contribution in [0, 0.1) is 0 Å². The molecule has 0 spiro atoms. The van der Waals surface area contributed by atoms with E-state index in [9.17, 15) is 4.79 Å². The standard InChI is InChI=1S/C30H34N6O3/c1-35(30(37)29(22-10-5-3-6-11-22)23-12-7-4-8-13-23)27(20-36-17-16-26(19-36)38-2)24-14-9-15-25(18-24)39-21-28-31-33-34-32-28/h3-15,18,26-27,29H,16-17,19-21H2,1-2H3,(H,31,32,33,34)/t26-,27-/m1/s1. The van der Waals surface area contributed by atoms with Crippen LogP contribution in [0.2, 0.25) is 0 Å². The molecule has 0 aliphatic carbocycles. The molecule has 9 heteroatoms. The molecule has 1 aliphatic heterocycles. The Hall–Kier alpha value is -4.08. The normalized spacial score (nSPS) is 16.3. The molecule has 0 unspecified atom stereocenters. The number of nitrogens with zero attached hydrogens (tertiary/aromatic N) is 5. The molecule has 9 nitrogen and oxygen atoms in total. The second-order valence-electron chi connectivity index (χ2n) is 9.81. The first-order valence-electron chi connectivity index (χ1n) is 13.2. The third-order valence-electron chi connectivity index (χ3n) is 7.32. The van der Waals surface area contributed by atoms with Gasteiger partial charge in [-0.05, 0) is 35.2 Å². The number of H-pyrrole nitrogens is 1. The monoisotopic (exact) mass is 526 g/mol. The van der Waals surface area contributed by atoms with E-state index >= 15 is 0 Å². The van der Waals surface area contributed by atoms with Crippen LogP contribution in [0.15, 0.2) is 84.9 Å². The van der Waals surface area contributed by atoms with E-state index in [0.717, 1.165) is 36.2 Å². The number of nitrogens with one attached hydrogen (secondary N) is 1. The minimum Gasteiger partial charge on any atom is -0.485 e. The van der Waals surface area contributed by atoms with Crippen LogP contribution in [0.25, 0.3) is 0 Å². The molecule has 0 saturated carbocycles. The molecule has 1 aromatic heterocycles. The Labute approximate surface area is 228 Å². The van der Waals surface area contributed by atoms with E-state index in [1.54, 1.807) is 7.11 Å². The number of carbonyl (C=O) groups excluding carboxylic acids is 1. The molecule has 0 bridgehead atoms. The van der Waals surface area contributed by atoms with Gasteiger partial charge in [0.25, 0.3) is 0 Å². The van der Waals surface area contributed by atoms with Crippen molar-refractivity contribution in [3.05, 3.63) is 107 Å². The van der Waals surface area contributed by atoms with Crippen LogP contribution in [0.3, 0.4) is 0 Å². The summed E-state index contributed by atoms with van der Waals surface area (Å²) in [5.74, 6) is 0.781. The summed E-state index contributed by atoms with van der Waals surface area (Å²) >= 11 is 0. The predicted molar refractivity (Wildman–Crippen MR) is 147 cm³/mol. The number of carbonyl (C=O) groups is 1. The molecular weight excluding hydrogens is 492 g/mol. The fourth-order valence-electron chi connectivity index (χ4n) is 5.18. The van der Waals surface area contributed by atoms with Crippen molar-refractivity contribution in [2.24, 2.45) is 0 Å². The first-order chi connectivity index (χ1) is 19.1. The third kappa shape index (κ3) is 6.50. The van der Waals surface area contributed by atoms with Gasteiger partial charge in [-0.2, -0.15) is 5.21 Å². The first-order valence-corrected chi connectivity index (χ1v) is 13.2. The summed E-state index contributed by atoms with van der Waals surface area (Å²) in [5, 5.41) is 13.9. The largest absolute Gasteiger partial charge is 0.485 e. The van der Waals surface area contributed by atoms with Gasteiger partial charge in [-0.3, -0.25) is 9.69 Å². The number of aromatic nitrogens is 4. The highest BCUT2D eigenvalue weighted by Crippen LogP contribution is 2.32. The molecule has 4 aromatic rings. The predicted octanol–water partition coefficient (Wildman–Crippen LogP) is 3.83. The molecule has 3 aromatic carbocycles. The summed E-state index contributed by atoms with van der Waals surface area (Å²) in [4.78, 5) is 18.6. The highest BCUT2D eigenvalue weighted by atomic mass is 16.5. The quantitative estimate of drug-likeness (QED) is 0.317. The number of ether oxygens (including phenoxy) is 2. The number of hydrogen-bond acceptors (Lipinski definition) is 7. The smallest absolute Gasteiger partial charge is 0.234 e. The van der Waals surface area contributed by atoms with E-state index < -0.39 is 5.92 Å². The lowest BCUT2D eigenvalue weighted by molar-refractivity contribution is -0.133.